The maximum atomic E-state index is 8.56. The van der Waals surface area contributed by atoms with E-state index >= 15 is 0 Å². The molecule has 0 saturated heterocycles. The topological polar surface area (TPSA) is 57.2 Å². The van der Waals surface area contributed by atoms with E-state index in [1.165, 1.54) is 0 Å². The molecule has 25 heavy (non-hydrogen) atoms. The number of benzene rings is 2. The third-order valence-corrected chi connectivity index (χ3v) is 3.44. The number of aliphatic hydroxyl groups is 1. The largest absolute Gasteiger partial charge is 0.491 e. The second-order valence-corrected chi connectivity index (χ2v) is 5.27. The molecule has 2 rings (SSSR count). The number of hydrogen-bond donors (Lipinski definition) is 1. The minimum Gasteiger partial charge on any atom is -0.491 e. The number of hydrogen-bond acceptors (Lipinski definition) is 5. The second-order valence-electron chi connectivity index (χ2n) is 5.27. The number of para-hydroxylation sites is 1. The first-order valence-electron chi connectivity index (χ1n) is 8.53. The summed E-state index contributed by atoms with van der Waals surface area (Å²) in [6, 6.07) is 18.2. The van der Waals surface area contributed by atoms with Crippen LogP contribution in [0.2, 0.25) is 0 Å². The van der Waals surface area contributed by atoms with E-state index in [2.05, 4.69) is 18.2 Å². The lowest BCUT2D eigenvalue weighted by atomic mass is 10.1. The molecular formula is C20H26O5. The summed E-state index contributed by atoms with van der Waals surface area (Å²) < 4.78 is 21.8. The van der Waals surface area contributed by atoms with Crippen molar-refractivity contribution < 1.29 is 24.1 Å². The molecule has 2 aromatic carbocycles. The van der Waals surface area contributed by atoms with Gasteiger partial charge in [-0.3, -0.25) is 0 Å². The maximum absolute atomic E-state index is 8.56. The van der Waals surface area contributed by atoms with Gasteiger partial charge in [-0.1, -0.05) is 48.5 Å². The fourth-order valence-corrected chi connectivity index (χ4v) is 2.27. The summed E-state index contributed by atoms with van der Waals surface area (Å²) in [5.41, 5.74) is 2.21. The van der Waals surface area contributed by atoms with Gasteiger partial charge in [0.25, 0.3) is 0 Å². The quantitative estimate of drug-likeness (QED) is 0.565. The van der Waals surface area contributed by atoms with Crippen molar-refractivity contribution >= 4 is 0 Å². The third kappa shape index (κ3) is 7.67. The standard InChI is InChI=1S/C20H26O5/c21-10-11-22-12-13-23-14-15-24-16-17-25-20-9-5-4-8-19(20)18-6-2-1-3-7-18/h1-9,21H,10-17H2. The number of ether oxygens (including phenoxy) is 4. The van der Waals surface area contributed by atoms with Gasteiger partial charge in [0.15, 0.2) is 0 Å². The highest BCUT2D eigenvalue weighted by atomic mass is 16.6. The molecule has 0 heterocycles. The zero-order chi connectivity index (χ0) is 17.6. The first-order valence-corrected chi connectivity index (χ1v) is 8.53. The van der Waals surface area contributed by atoms with Crippen molar-refractivity contribution in [2.75, 3.05) is 52.9 Å². The van der Waals surface area contributed by atoms with E-state index in [1.807, 2.05) is 36.4 Å². The monoisotopic (exact) mass is 346 g/mol. The molecule has 0 amide bonds. The van der Waals surface area contributed by atoms with Crippen molar-refractivity contribution in [2.45, 2.75) is 0 Å². The van der Waals surface area contributed by atoms with Crippen molar-refractivity contribution in [3.8, 4) is 16.9 Å². The Morgan fingerprint density at radius 2 is 1.16 bits per heavy atom. The summed E-state index contributed by atoms with van der Waals surface area (Å²) in [6.07, 6.45) is 0. The fourth-order valence-electron chi connectivity index (χ4n) is 2.27. The highest BCUT2D eigenvalue weighted by Crippen LogP contribution is 2.29. The maximum Gasteiger partial charge on any atom is 0.127 e. The Bertz CT molecular complexity index is 573. The molecule has 0 fully saturated rings. The molecule has 2 aromatic rings. The van der Waals surface area contributed by atoms with Crippen LogP contribution in [-0.4, -0.2) is 58.0 Å². The molecule has 0 bridgehead atoms. The van der Waals surface area contributed by atoms with Gasteiger partial charge in [0.1, 0.15) is 12.4 Å². The van der Waals surface area contributed by atoms with Crippen LogP contribution in [0, 0.1) is 0 Å². The molecule has 0 aliphatic carbocycles. The minimum absolute atomic E-state index is 0.0382. The Morgan fingerprint density at radius 3 is 1.84 bits per heavy atom. The molecule has 0 saturated carbocycles. The Balaban J connectivity index is 1.60. The van der Waals surface area contributed by atoms with Gasteiger partial charge in [0.05, 0.1) is 46.2 Å². The van der Waals surface area contributed by atoms with Crippen molar-refractivity contribution in [2.24, 2.45) is 0 Å². The average Bonchev–Trinajstić information content (AvgIpc) is 2.67. The van der Waals surface area contributed by atoms with Gasteiger partial charge in [-0.2, -0.15) is 0 Å². The molecule has 5 heteroatoms. The Morgan fingerprint density at radius 1 is 0.600 bits per heavy atom. The minimum atomic E-state index is 0.0382. The van der Waals surface area contributed by atoms with E-state index in [0.29, 0.717) is 46.2 Å². The van der Waals surface area contributed by atoms with Crippen LogP contribution in [0.3, 0.4) is 0 Å². The van der Waals surface area contributed by atoms with E-state index in [4.69, 9.17) is 24.1 Å². The van der Waals surface area contributed by atoms with Crippen LogP contribution in [0.4, 0.5) is 0 Å². The van der Waals surface area contributed by atoms with Crippen LogP contribution in [0.25, 0.3) is 11.1 Å². The highest BCUT2D eigenvalue weighted by Gasteiger charge is 2.04. The zero-order valence-corrected chi connectivity index (χ0v) is 14.4. The van der Waals surface area contributed by atoms with Crippen molar-refractivity contribution in [1.82, 2.24) is 0 Å². The normalized spacial score (nSPS) is 10.8. The lowest BCUT2D eigenvalue weighted by Gasteiger charge is -2.12. The fraction of sp³-hybridized carbons (Fsp3) is 0.400. The van der Waals surface area contributed by atoms with Crippen molar-refractivity contribution in [3.05, 3.63) is 54.6 Å². The predicted octanol–water partition coefficient (Wildman–Crippen LogP) is 2.77. The third-order valence-electron chi connectivity index (χ3n) is 3.44. The smallest absolute Gasteiger partial charge is 0.127 e. The first-order chi connectivity index (χ1) is 12.4. The second kappa shape index (κ2) is 12.4. The molecule has 1 N–H and O–H groups in total. The van der Waals surface area contributed by atoms with Gasteiger partial charge >= 0.3 is 0 Å². The molecule has 0 unspecified atom stereocenters. The van der Waals surface area contributed by atoms with Gasteiger partial charge in [0.2, 0.25) is 0 Å². The molecule has 0 spiro atoms. The molecule has 0 radical (unpaired) electrons. The molecule has 136 valence electrons. The summed E-state index contributed by atoms with van der Waals surface area (Å²) in [6.45, 7) is 3.41. The van der Waals surface area contributed by atoms with Crippen molar-refractivity contribution in [3.63, 3.8) is 0 Å². The molecule has 0 aliphatic rings. The Kier molecular flexibility index (Phi) is 9.66. The van der Waals surface area contributed by atoms with Crippen LogP contribution in [0.1, 0.15) is 0 Å². The van der Waals surface area contributed by atoms with Gasteiger partial charge in [-0.05, 0) is 11.6 Å². The number of rotatable bonds is 13. The summed E-state index contributed by atoms with van der Waals surface area (Å²) in [5.74, 6) is 0.856. The Labute approximate surface area is 149 Å². The van der Waals surface area contributed by atoms with Crippen LogP contribution in [0.5, 0.6) is 5.75 Å². The van der Waals surface area contributed by atoms with E-state index in [9.17, 15) is 0 Å². The molecule has 0 atom stereocenters. The summed E-state index contributed by atoms with van der Waals surface area (Å²) >= 11 is 0. The predicted molar refractivity (Wildman–Crippen MR) is 96.9 cm³/mol. The van der Waals surface area contributed by atoms with Crippen molar-refractivity contribution in [1.29, 1.82) is 0 Å². The lowest BCUT2D eigenvalue weighted by Crippen LogP contribution is -2.13. The van der Waals surface area contributed by atoms with E-state index in [1.54, 1.807) is 0 Å². The SMILES string of the molecule is OCCOCCOCCOCCOc1ccccc1-c1ccccc1. The molecule has 0 aliphatic heterocycles. The summed E-state index contributed by atoms with van der Waals surface area (Å²) in [5, 5.41) is 8.56. The van der Waals surface area contributed by atoms with Crippen LogP contribution in [-0.2, 0) is 14.2 Å². The van der Waals surface area contributed by atoms with E-state index in [0.717, 1.165) is 16.9 Å². The zero-order valence-electron chi connectivity index (χ0n) is 14.4. The first kappa shape index (κ1) is 19.4. The van der Waals surface area contributed by atoms with Crippen LogP contribution >= 0.6 is 0 Å². The van der Waals surface area contributed by atoms with E-state index < -0.39 is 0 Å². The van der Waals surface area contributed by atoms with Gasteiger partial charge in [-0.15, -0.1) is 0 Å². The average molecular weight is 346 g/mol. The Hall–Kier alpha value is -1.92. The summed E-state index contributed by atoms with van der Waals surface area (Å²) in [7, 11) is 0. The van der Waals surface area contributed by atoms with Gasteiger partial charge in [0, 0.05) is 5.56 Å². The van der Waals surface area contributed by atoms with Crippen LogP contribution in [0.15, 0.2) is 54.6 Å². The van der Waals surface area contributed by atoms with Crippen LogP contribution < -0.4 is 4.74 Å². The number of aliphatic hydroxyl groups excluding tert-OH is 1. The highest BCUT2D eigenvalue weighted by molar-refractivity contribution is 5.70. The molecular weight excluding hydrogens is 320 g/mol. The summed E-state index contributed by atoms with van der Waals surface area (Å²) in [4.78, 5) is 0. The van der Waals surface area contributed by atoms with Gasteiger partial charge in [-0.25, -0.2) is 0 Å². The molecule has 0 aromatic heterocycles. The molecule has 5 nitrogen and oxygen atoms in total. The van der Waals surface area contributed by atoms with Gasteiger partial charge < -0.3 is 24.1 Å². The lowest BCUT2D eigenvalue weighted by molar-refractivity contribution is 0.00363. The van der Waals surface area contributed by atoms with E-state index in [-0.39, 0.29) is 6.61 Å².